The second kappa shape index (κ2) is 13.8. The molecule has 0 bridgehead atoms. The molecule has 1 amide bonds. The zero-order valence-corrected chi connectivity index (χ0v) is 26.4. The number of para-hydroxylation sites is 2. The van der Waals surface area contributed by atoms with Gasteiger partial charge in [0.05, 0.1) is 16.6 Å². The summed E-state index contributed by atoms with van der Waals surface area (Å²) in [6.45, 7) is 3.53. The number of halogens is 2. The molecule has 3 aromatic carbocycles. The molecule has 2 aliphatic heterocycles. The quantitative estimate of drug-likeness (QED) is 0.242. The smallest absolute Gasteiger partial charge is 0.255 e. The maximum Gasteiger partial charge on any atom is 0.255 e. The third kappa shape index (κ3) is 6.73. The lowest BCUT2D eigenvalue weighted by Crippen LogP contribution is -2.45. The molecule has 0 radical (unpaired) electrons. The van der Waals surface area contributed by atoms with E-state index in [-0.39, 0.29) is 17.5 Å². The van der Waals surface area contributed by atoms with Gasteiger partial charge >= 0.3 is 0 Å². The van der Waals surface area contributed by atoms with Crippen molar-refractivity contribution in [3.05, 3.63) is 94.3 Å². The number of fused-ring (bicyclic) bond motifs is 2. The van der Waals surface area contributed by atoms with Gasteiger partial charge in [-0.3, -0.25) is 4.79 Å². The van der Waals surface area contributed by atoms with Crippen molar-refractivity contribution in [3.8, 4) is 0 Å². The molecule has 7 rings (SSSR count). The fraction of sp³-hybridized carbons (Fsp3) is 0.303. The molecule has 2 saturated heterocycles. The number of nitrogens with one attached hydrogen (secondary N) is 1. The molecule has 3 N–H and O–H groups in total. The number of aromatic nitrogens is 4. The fourth-order valence-electron chi connectivity index (χ4n) is 5.80. The van der Waals surface area contributed by atoms with Crippen molar-refractivity contribution < 1.29 is 9.18 Å². The molecule has 2 fully saturated rings. The second-order valence-corrected chi connectivity index (χ2v) is 12.2. The predicted molar refractivity (Wildman–Crippen MR) is 180 cm³/mol. The predicted octanol–water partition coefficient (Wildman–Crippen LogP) is 5.33. The molecular weight excluding hydrogens is 670 g/mol. The number of rotatable bonds is 4. The number of amides is 1. The Kier molecular flexibility index (Phi) is 9.41. The molecule has 0 unspecified atom stereocenters. The number of carbonyl (C=O) groups is 1. The van der Waals surface area contributed by atoms with E-state index in [0.717, 1.165) is 85.3 Å². The van der Waals surface area contributed by atoms with E-state index in [4.69, 9.17) is 5.73 Å². The molecule has 226 valence electrons. The van der Waals surface area contributed by atoms with E-state index in [2.05, 4.69) is 41.1 Å². The summed E-state index contributed by atoms with van der Waals surface area (Å²) in [5, 5.41) is 5.14. The standard InChI is InChI=1S/C20H18FIN4O.C13H16N4/c21-15-5-3-6-16(22)18(15)20(27)25-13-8-10-26(11-9-13)19-14-4-1-2-7-17(14)23-12-24-19;14-10-5-7-17(8-6-10)13-11-3-1-2-4-12(11)15-9-16-13/h1-7,12-13H,8-11H2,(H,25,27);1-4,9-10H,5-8,14H2. The zero-order chi connectivity index (χ0) is 30.5. The van der Waals surface area contributed by atoms with Crippen LogP contribution in [0.2, 0.25) is 0 Å². The fourth-order valence-corrected chi connectivity index (χ4v) is 6.51. The molecular formula is C33H34FIN8O. The molecule has 0 saturated carbocycles. The number of nitrogens with two attached hydrogens (primary N) is 1. The SMILES string of the molecule is NC1CCN(c2ncnc3ccccc23)CC1.O=C(NC1CCN(c2ncnc3ccccc23)CC1)c1c(F)cccc1I. The van der Waals surface area contributed by atoms with Crippen molar-refractivity contribution in [2.24, 2.45) is 5.73 Å². The summed E-state index contributed by atoms with van der Waals surface area (Å²) in [5.41, 5.74) is 7.99. The van der Waals surface area contributed by atoms with Crippen LogP contribution in [0.15, 0.2) is 79.4 Å². The van der Waals surface area contributed by atoms with Crippen molar-refractivity contribution >= 4 is 61.9 Å². The topological polar surface area (TPSA) is 113 Å². The number of anilines is 2. The van der Waals surface area contributed by atoms with Crippen molar-refractivity contribution in [2.75, 3.05) is 36.0 Å². The van der Waals surface area contributed by atoms with Gasteiger partial charge in [-0.15, -0.1) is 0 Å². The number of piperidine rings is 2. The van der Waals surface area contributed by atoms with Crippen molar-refractivity contribution in [1.82, 2.24) is 25.3 Å². The van der Waals surface area contributed by atoms with E-state index in [9.17, 15) is 9.18 Å². The van der Waals surface area contributed by atoms with Gasteiger partial charge in [0, 0.05) is 52.6 Å². The number of carbonyl (C=O) groups excluding carboxylic acids is 1. The third-order valence-electron chi connectivity index (χ3n) is 8.20. The van der Waals surface area contributed by atoms with Gasteiger partial charge in [0.2, 0.25) is 0 Å². The summed E-state index contributed by atoms with van der Waals surface area (Å²) >= 11 is 1.99. The highest BCUT2D eigenvalue weighted by molar-refractivity contribution is 14.1. The van der Waals surface area contributed by atoms with Crippen LogP contribution >= 0.6 is 22.6 Å². The molecule has 0 spiro atoms. The van der Waals surface area contributed by atoms with Gasteiger partial charge in [-0.25, -0.2) is 24.3 Å². The second-order valence-electron chi connectivity index (χ2n) is 11.1. The summed E-state index contributed by atoms with van der Waals surface area (Å²) in [6.07, 6.45) is 6.89. The Morgan fingerprint density at radius 3 is 1.82 bits per heavy atom. The average molecular weight is 705 g/mol. The monoisotopic (exact) mass is 704 g/mol. The highest BCUT2D eigenvalue weighted by atomic mass is 127. The summed E-state index contributed by atoms with van der Waals surface area (Å²) in [6, 6.07) is 21.1. The van der Waals surface area contributed by atoms with Crippen LogP contribution in [0.25, 0.3) is 21.8 Å². The van der Waals surface area contributed by atoms with E-state index in [1.54, 1.807) is 24.8 Å². The lowest BCUT2D eigenvalue weighted by Gasteiger charge is -2.33. The first-order chi connectivity index (χ1) is 21.5. The minimum absolute atomic E-state index is 0.0252. The first-order valence-electron chi connectivity index (χ1n) is 14.9. The average Bonchev–Trinajstić information content (AvgIpc) is 3.05. The van der Waals surface area contributed by atoms with Gasteiger partial charge in [0.15, 0.2) is 0 Å². The molecule has 0 aliphatic carbocycles. The minimum atomic E-state index is -0.482. The van der Waals surface area contributed by atoms with Gasteiger partial charge in [-0.2, -0.15) is 0 Å². The van der Waals surface area contributed by atoms with Gasteiger partial charge in [-0.05, 0) is 84.7 Å². The highest BCUT2D eigenvalue weighted by Gasteiger charge is 2.25. The van der Waals surface area contributed by atoms with Crippen LogP contribution in [0.3, 0.4) is 0 Å². The van der Waals surface area contributed by atoms with E-state index in [1.807, 2.05) is 65.1 Å². The maximum atomic E-state index is 14.0. The van der Waals surface area contributed by atoms with Crippen LogP contribution in [0.5, 0.6) is 0 Å². The Bertz CT molecular complexity index is 1720. The Hall–Kier alpha value is -3.97. The van der Waals surface area contributed by atoms with Crippen LogP contribution in [-0.2, 0) is 0 Å². The molecule has 44 heavy (non-hydrogen) atoms. The van der Waals surface area contributed by atoms with E-state index < -0.39 is 5.82 Å². The minimum Gasteiger partial charge on any atom is -0.356 e. The largest absolute Gasteiger partial charge is 0.356 e. The summed E-state index contributed by atoms with van der Waals surface area (Å²) in [5.74, 6) is 1.14. The van der Waals surface area contributed by atoms with Crippen molar-refractivity contribution in [2.45, 2.75) is 37.8 Å². The highest BCUT2D eigenvalue weighted by Crippen LogP contribution is 2.27. The van der Waals surface area contributed by atoms with Crippen LogP contribution < -0.4 is 20.9 Å². The molecule has 9 nitrogen and oxygen atoms in total. The Morgan fingerprint density at radius 1 is 0.750 bits per heavy atom. The van der Waals surface area contributed by atoms with Crippen LogP contribution in [0, 0.1) is 9.39 Å². The number of hydrogen-bond acceptors (Lipinski definition) is 8. The van der Waals surface area contributed by atoms with Crippen molar-refractivity contribution in [3.63, 3.8) is 0 Å². The van der Waals surface area contributed by atoms with Crippen LogP contribution in [0.4, 0.5) is 16.0 Å². The zero-order valence-electron chi connectivity index (χ0n) is 24.2. The molecule has 5 aromatic rings. The number of benzene rings is 3. The first-order valence-corrected chi connectivity index (χ1v) is 16.0. The van der Waals surface area contributed by atoms with Crippen molar-refractivity contribution in [1.29, 1.82) is 0 Å². The third-order valence-corrected chi connectivity index (χ3v) is 9.10. The molecule has 2 aliphatic rings. The van der Waals surface area contributed by atoms with Gasteiger partial charge in [-0.1, -0.05) is 30.3 Å². The van der Waals surface area contributed by atoms with Gasteiger partial charge in [0.1, 0.15) is 30.1 Å². The normalized spacial score (nSPS) is 16.1. The number of hydrogen-bond donors (Lipinski definition) is 2. The van der Waals surface area contributed by atoms with Crippen LogP contribution in [-0.4, -0.2) is 64.1 Å². The Morgan fingerprint density at radius 2 is 1.27 bits per heavy atom. The molecule has 4 heterocycles. The summed E-state index contributed by atoms with van der Waals surface area (Å²) in [7, 11) is 0. The molecule has 11 heteroatoms. The van der Waals surface area contributed by atoms with Gasteiger partial charge in [0.25, 0.3) is 5.91 Å². The van der Waals surface area contributed by atoms with E-state index in [0.29, 0.717) is 9.61 Å². The first kappa shape index (κ1) is 30.1. The molecule has 0 atom stereocenters. The van der Waals surface area contributed by atoms with Gasteiger partial charge < -0.3 is 20.9 Å². The maximum absolute atomic E-state index is 14.0. The van der Waals surface area contributed by atoms with Crippen LogP contribution in [0.1, 0.15) is 36.0 Å². The number of nitrogens with zero attached hydrogens (tertiary/aromatic N) is 6. The molecule has 2 aromatic heterocycles. The Labute approximate surface area is 269 Å². The lowest BCUT2D eigenvalue weighted by molar-refractivity contribution is 0.0926. The summed E-state index contributed by atoms with van der Waals surface area (Å²) < 4.78 is 14.6. The Balaban J connectivity index is 0.000000173. The lowest BCUT2D eigenvalue weighted by atomic mass is 10.0. The summed E-state index contributed by atoms with van der Waals surface area (Å²) in [4.78, 5) is 34.5. The van der Waals surface area contributed by atoms with E-state index >= 15 is 0 Å². The van der Waals surface area contributed by atoms with E-state index in [1.165, 1.54) is 6.07 Å².